The zero-order valence-electron chi connectivity index (χ0n) is 20.3. The number of anilines is 1. The van der Waals surface area contributed by atoms with Crippen molar-refractivity contribution < 1.29 is 19.1 Å². The highest BCUT2D eigenvalue weighted by molar-refractivity contribution is 7.14. The van der Waals surface area contributed by atoms with Crippen LogP contribution in [0, 0.1) is 0 Å². The van der Waals surface area contributed by atoms with Crippen LogP contribution in [0.2, 0.25) is 0 Å². The quantitative estimate of drug-likeness (QED) is 0.439. The van der Waals surface area contributed by atoms with Gasteiger partial charge in [0.1, 0.15) is 12.6 Å². The van der Waals surface area contributed by atoms with Gasteiger partial charge in [-0.3, -0.25) is 14.5 Å². The number of aromatic nitrogens is 1. The van der Waals surface area contributed by atoms with Gasteiger partial charge in [0.05, 0.1) is 5.69 Å². The van der Waals surface area contributed by atoms with Crippen LogP contribution in [0.5, 0.6) is 0 Å². The lowest BCUT2D eigenvalue weighted by Crippen LogP contribution is -2.43. The summed E-state index contributed by atoms with van der Waals surface area (Å²) in [4.78, 5) is 44.1. The van der Waals surface area contributed by atoms with E-state index in [1.165, 1.54) is 16.2 Å². The van der Waals surface area contributed by atoms with E-state index in [9.17, 15) is 14.4 Å². The lowest BCUT2D eigenvalue weighted by Gasteiger charge is -2.22. The second-order valence-corrected chi connectivity index (χ2v) is 10.0. The average molecular weight is 520 g/mol. The van der Waals surface area contributed by atoms with Crippen molar-refractivity contribution >= 4 is 34.4 Å². The van der Waals surface area contributed by atoms with Gasteiger partial charge >= 0.3 is 6.09 Å². The van der Waals surface area contributed by atoms with Crippen LogP contribution in [0.4, 0.5) is 9.93 Å². The zero-order chi connectivity index (χ0) is 25.6. The van der Waals surface area contributed by atoms with Crippen molar-refractivity contribution in [2.24, 2.45) is 0 Å². The molecule has 2 atom stereocenters. The lowest BCUT2D eigenvalue weighted by atomic mass is 10.1. The van der Waals surface area contributed by atoms with Gasteiger partial charge in [0.15, 0.2) is 5.13 Å². The van der Waals surface area contributed by atoms with Crippen LogP contribution in [0.3, 0.4) is 0 Å². The molecule has 37 heavy (non-hydrogen) atoms. The van der Waals surface area contributed by atoms with Crippen LogP contribution in [-0.2, 0) is 16.1 Å². The number of carbonyl (C=O) groups is 3. The fourth-order valence-electron chi connectivity index (χ4n) is 4.55. The highest BCUT2D eigenvalue weighted by Crippen LogP contribution is 2.27. The van der Waals surface area contributed by atoms with Crippen molar-refractivity contribution in [1.82, 2.24) is 20.5 Å². The number of carbonyl (C=O) groups excluding carboxylic acids is 3. The molecule has 9 nitrogen and oxygen atoms in total. The fourth-order valence-corrected chi connectivity index (χ4v) is 5.27. The van der Waals surface area contributed by atoms with Gasteiger partial charge in [-0.15, -0.1) is 11.3 Å². The smallest absolute Gasteiger partial charge is 0.410 e. The topological polar surface area (TPSA) is 113 Å². The second kappa shape index (κ2) is 11.5. The molecule has 0 aliphatic carbocycles. The Morgan fingerprint density at radius 2 is 1.89 bits per heavy atom. The summed E-state index contributed by atoms with van der Waals surface area (Å²) in [7, 11) is 0. The Balaban J connectivity index is 1.16. The minimum Gasteiger partial charge on any atom is -0.445 e. The molecule has 5 rings (SSSR count). The lowest BCUT2D eigenvalue weighted by molar-refractivity contribution is -0.120. The van der Waals surface area contributed by atoms with Gasteiger partial charge in [-0.1, -0.05) is 42.5 Å². The molecule has 0 bridgehead atoms. The molecule has 0 saturated carbocycles. The molecule has 192 valence electrons. The predicted molar refractivity (Wildman–Crippen MR) is 141 cm³/mol. The van der Waals surface area contributed by atoms with Crippen LogP contribution < -0.4 is 16.0 Å². The summed E-state index contributed by atoms with van der Waals surface area (Å²) < 4.78 is 5.43. The number of ether oxygens (including phenoxy) is 1. The second-order valence-electron chi connectivity index (χ2n) is 9.16. The summed E-state index contributed by atoms with van der Waals surface area (Å²) in [6, 6.07) is 16.3. The van der Waals surface area contributed by atoms with E-state index >= 15 is 0 Å². The van der Waals surface area contributed by atoms with Crippen LogP contribution in [0.15, 0.2) is 60.0 Å². The summed E-state index contributed by atoms with van der Waals surface area (Å²) in [5, 5.41) is 11.4. The van der Waals surface area contributed by atoms with Crippen molar-refractivity contribution in [2.75, 3.05) is 25.0 Å². The number of rotatable bonds is 7. The molecule has 1 aromatic heterocycles. The number of hydrogen-bond donors (Lipinski definition) is 3. The van der Waals surface area contributed by atoms with E-state index in [1.807, 2.05) is 47.8 Å². The maximum Gasteiger partial charge on any atom is 0.410 e. The third-order valence-electron chi connectivity index (χ3n) is 6.57. The third kappa shape index (κ3) is 6.15. The number of thiazole rings is 1. The summed E-state index contributed by atoms with van der Waals surface area (Å²) in [5.74, 6) is -0.363. The van der Waals surface area contributed by atoms with Crippen LogP contribution in [-0.4, -0.2) is 59.5 Å². The van der Waals surface area contributed by atoms with Gasteiger partial charge in [0.25, 0.3) is 5.91 Å². The first-order valence-electron chi connectivity index (χ1n) is 12.4. The molecule has 3 N–H and O–H groups in total. The van der Waals surface area contributed by atoms with E-state index in [-0.39, 0.29) is 24.5 Å². The van der Waals surface area contributed by atoms with Crippen LogP contribution >= 0.6 is 11.3 Å². The van der Waals surface area contributed by atoms with Crippen molar-refractivity contribution in [2.45, 2.75) is 38.0 Å². The minimum absolute atomic E-state index is 0.0881. The molecule has 2 aromatic carbocycles. The summed E-state index contributed by atoms with van der Waals surface area (Å²) in [6.07, 6.45) is 1.75. The van der Waals surface area contributed by atoms with E-state index in [2.05, 4.69) is 20.9 Å². The van der Waals surface area contributed by atoms with E-state index in [1.54, 1.807) is 12.1 Å². The minimum atomic E-state index is -0.594. The monoisotopic (exact) mass is 519 g/mol. The number of nitrogens with zero attached hydrogens (tertiary/aromatic N) is 2. The Hall–Kier alpha value is -3.76. The van der Waals surface area contributed by atoms with E-state index < -0.39 is 12.1 Å². The molecule has 1 unspecified atom stereocenters. The first kappa shape index (κ1) is 24.9. The van der Waals surface area contributed by atoms with Crippen LogP contribution in [0.1, 0.15) is 35.2 Å². The van der Waals surface area contributed by atoms with Crippen molar-refractivity contribution in [3.05, 3.63) is 71.1 Å². The van der Waals surface area contributed by atoms with Gasteiger partial charge in [0.2, 0.25) is 5.91 Å². The maximum absolute atomic E-state index is 13.0. The highest BCUT2D eigenvalue weighted by Gasteiger charge is 2.35. The van der Waals surface area contributed by atoms with Crippen molar-refractivity contribution in [3.8, 4) is 11.3 Å². The molecule has 10 heteroatoms. The molecular weight excluding hydrogens is 490 g/mol. The van der Waals surface area contributed by atoms with E-state index in [0.29, 0.717) is 29.4 Å². The standard InChI is InChI=1S/C27H29N5O4S/c33-24(29-21-12-13-28-15-21)20-10-8-19(9-11-20)22-17-37-26(30-22)31-25(34)23-7-4-14-32(23)27(35)36-16-18-5-2-1-3-6-18/h1-3,5-6,8-11,17,21,23,28H,4,7,12-16H2,(H,29,33)(H,30,31,34)/t21?,23-/m1/s1. The fraction of sp³-hybridized carbons (Fsp3) is 0.333. The number of amides is 3. The summed E-state index contributed by atoms with van der Waals surface area (Å²) in [6.45, 7) is 2.36. The van der Waals surface area contributed by atoms with Gasteiger partial charge in [0, 0.05) is 35.6 Å². The SMILES string of the molecule is O=C(NC1CCNC1)c1ccc(-c2csc(NC(=O)[C@H]3CCCN3C(=O)OCc3ccccc3)n2)cc1. The van der Waals surface area contributed by atoms with Gasteiger partial charge < -0.3 is 20.7 Å². The predicted octanol–water partition coefficient (Wildman–Crippen LogP) is 3.64. The Morgan fingerprint density at radius 1 is 1.08 bits per heavy atom. The summed E-state index contributed by atoms with van der Waals surface area (Å²) >= 11 is 1.32. The average Bonchev–Trinajstić information content (AvgIpc) is 3.70. The molecule has 3 amide bonds. The van der Waals surface area contributed by atoms with Gasteiger partial charge in [-0.05, 0) is 43.5 Å². The molecule has 2 aliphatic heterocycles. The number of hydrogen-bond acceptors (Lipinski definition) is 7. The molecule has 0 spiro atoms. The molecule has 0 radical (unpaired) electrons. The molecule has 3 heterocycles. The summed E-state index contributed by atoms with van der Waals surface area (Å²) in [5.41, 5.74) is 3.05. The van der Waals surface area contributed by atoms with Gasteiger partial charge in [-0.2, -0.15) is 0 Å². The first-order chi connectivity index (χ1) is 18.1. The largest absolute Gasteiger partial charge is 0.445 e. The molecule has 2 saturated heterocycles. The Kier molecular flexibility index (Phi) is 7.76. The Bertz CT molecular complexity index is 1240. The molecule has 2 aliphatic rings. The number of nitrogens with one attached hydrogen (secondary N) is 3. The zero-order valence-corrected chi connectivity index (χ0v) is 21.1. The van der Waals surface area contributed by atoms with E-state index in [4.69, 9.17) is 4.74 Å². The van der Waals surface area contributed by atoms with E-state index in [0.717, 1.165) is 37.1 Å². The maximum atomic E-state index is 13.0. The number of likely N-dealkylation sites (tertiary alicyclic amines) is 1. The normalized spacial score (nSPS) is 19.0. The molecule has 3 aromatic rings. The van der Waals surface area contributed by atoms with Gasteiger partial charge in [-0.25, -0.2) is 9.78 Å². The first-order valence-corrected chi connectivity index (χ1v) is 13.3. The van der Waals surface area contributed by atoms with Crippen molar-refractivity contribution in [3.63, 3.8) is 0 Å². The number of benzene rings is 2. The highest BCUT2D eigenvalue weighted by atomic mass is 32.1. The third-order valence-corrected chi connectivity index (χ3v) is 7.33. The van der Waals surface area contributed by atoms with Crippen molar-refractivity contribution in [1.29, 1.82) is 0 Å². The molecule has 2 fully saturated rings. The Morgan fingerprint density at radius 3 is 2.65 bits per heavy atom. The van der Waals surface area contributed by atoms with Crippen LogP contribution in [0.25, 0.3) is 11.3 Å². The molecular formula is C27H29N5O4S. The Labute approximate surface area is 219 Å².